The molecule has 22 heavy (non-hydrogen) atoms. The van der Waals surface area contributed by atoms with Crippen molar-refractivity contribution >= 4 is 30.7 Å². The molecule has 0 aromatic rings. The van der Waals surface area contributed by atoms with E-state index in [1.165, 1.54) is 25.7 Å². The van der Waals surface area contributed by atoms with Crippen LogP contribution < -0.4 is 11.1 Å². The monoisotopic (exact) mass is 353 g/mol. The lowest BCUT2D eigenvalue weighted by Gasteiger charge is -2.33. The molecule has 3 N–H and O–H groups in total. The first-order valence-electron chi connectivity index (χ1n) is 8.09. The van der Waals surface area contributed by atoms with Gasteiger partial charge in [-0.3, -0.25) is 9.69 Å². The van der Waals surface area contributed by atoms with Gasteiger partial charge in [0.2, 0.25) is 5.91 Å². The number of hydrogen-bond donors (Lipinski definition) is 2. The molecule has 1 amide bonds. The van der Waals surface area contributed by atoms with Crippen molar-refractivity contribution in [2.24, 2.45) is 5.73 Å². The molecule has 130 valence electrons. The Balaban J connectivity index is 0.00000121. The Kier molecular flexibility index (Phi) is 7.89. The molecule has 0 aromatic heterocycles. The fraction of sp³-hybridized carbons (Fsp3) is 0.933. The number of halogens is 2. The molecular weight excluding hydrogens is 325 g/mol. The van der Waals surface area contributed by atoms with Gasteiger partial charge in [-0.2, -0.15) is 0 Å². The minimum atomic E-state index is -0.709. The zero-order valence-corrected chi connectivity index (χ0v) is 14.7. The summed E-state index contributed by atoms with van der Waals surface area (Å²) in [6.07, 6.45) is 7.73. The Bertz CT molecular complexity index is 359. The molecule has 2 saturated heterocycles. The van der Waals surface area contributed by atoms with Crippen LogP contribution in [-0.2, 0) is 9.53 Å². The molecule has 2 aliphatic heterocycles. The van der Waals surface area contributed by atoms with Gasteiger partial charge in [-0.15, -0.1) is 24.8 Å². The van der Waals surface area contributed by atoms with Gasteiger partial charge in [0, 0.05) is 38.4 Å². The maximum Gasteiger partial charge on any atom is 0.240 e. The third-order valence-corrected chi connectivity index (χ3v) is 5.23. The summed E-state index contributed by atoms with van der Waals surface area (Å²) in [6, 6.07) is 1.04. The molecule has 5 nitrogen and oxygen atoms in total. The van der Waals surface area contributed by atoms with Crippen LogP contribution in [0.15, 0.2) is 0 Å². The molecule has 7 heteroatoms. The first-order valence-corrected chi connectivity index (χ1v) is 8.09. The number of ether oxygens (including phenoxy) is 1. The summed E-state index contributed by atoms with van der Waals surface area (Å²) in [5.74, 6) is 0.0269. The van der Waals surface area contributed by atoms with Crippen LogP contribution in [-0.4, -0.2) is 54.7 Å². The van der Waals surface area contributed by atoms with Crippen molar-refractivity contribution in [2.45, 2.75) is 62.6 Å². The molecule has 1 aliphatic carbocycles. The van der Waals surface area contributed by atoms with Crippen molar-refractivity contribution in [3.05, 3.63) is 0 Å². The van der Waals surface area contributed by atoms with E-state index in [9.17, 15) is 4.79 Å². The molecule has 0 spiro atoms. The number of carbonyl (C=O) groups is 1. The van der Waals surface area contributed by atoms with Crippen LogP contribution in [0.2, 0.25) is 0 Å². The Labute approximate surface area is 145 Å². The van der Waals surface area contributed by atoms with Crippen molar-refractivity contribution in [3.63, 3.8) is 0 Å². The maximum atomic E-state index is 12.4. The topological polar surface area (TPSA) is 67.6 Å². The summed E-state index contributed by atoms with van der Waals surface area (Å²) in [6.45, 7) is 3.32. The smallest absolute Gasteiger partial charge is 0.240 e. The standard InChI is InChI=1S/C15H27N3O2.2ClH/c16-15(6-9-20-10-7-15)14(19)17-12-5-8-18(11-12)13-3-1-2-4-13;;/h12-13H,1-11,16H2,(H,17,19);2*1H. The van der Waals surface area contributed by atoms with Crippen LogP contribution in [0.5, 0.6) is 0 Å². The Morgan fingerprint density at radius 1 is 1.14 bits per heavy atom. The van der Waals surface area contributed by atoms with Crippen molar-refractivity contribution < 1.29 is 9.53 Å². The lowest BCUT2D eigenvalue weighted by atomic mass is 9.90. The summed E-state index contributed by atoms with van der Waals surface area (Å²) in [7, 11) is 0. The number of carbonyl (C=O) groups excluding carboxylic acids is 1. The predicted octanol–water partition coefficient (Wildman–Crippen LogP) is 1.47. The van der Waals surface area contributed by atoms with Crippen LogP contribution >= 0.6 is 24.8 Å². The van der Waals surface area contributed by atoms with Crippen molar-refractivity contribution in [3.8, 4) is 0 Å². The normalized spacial score (nSPS) is 28.7. The average Bonchev–Trinajstić information content (AvgIpc) is 3.09. The Morgan fingerprint density at radius 3 is 2.41 bits per heavy atom. The van der Waals surface area contributed by atoms with E-state index < -0.39 is 5.54 Å². The lowest BCUT2D eigenvalue weighted by molar-refractivity contribution is -0.130. The van der Waals surface area contributed by atoms with E-state index in [1.54, 1.807) is 0 Å². The molecule has 0 aromatic carbocycles. The van der Waals surface area contributed by atoms with Gasteiger partial charge >= 0.3 is 0 Å². The highest BCUT2D eigenvalue weighted by atomic mass is 35.5. The van der Waals surface area contributed by atoms with Crippen molar-refractivity contribution in [1.82, 2.24) is 10.2 Å². The highest BCUT2D eigenvalue weighted by molar-refractivity contribution is 5.86. The van der Waals surface area contributed by atoms with Gasteiger partial charge < -0.3 is 15.8 Å². The lowest BCUT2D eigenvalue weighted by Crippen LogP contribution is -2.59. The SMILES string of the molecule is Cl.Cl.NC1(C(=O)NC2CCN(C3CCCC3)C2)CCOCC1. The second-order valence-electron chi connectivity index (χ2n) is 6.66. The number of amides is 1. The van der Waals surface area contributed by atoms with Gasteiger partial charge in [-0.1, -0.05) is 12.8 Å². The minimum absolute atomic E-state index is 0. The van der Waals surface area contributed by atoms with E-state index in [-0.39, 0.29) is 36.8 Å². The van der Waals surface area contributed by atoms with Crippen LogP contribution in [0, 0.1) is 0 Å². The third-order valence-electron chi connectivity index (χ3n) is 5.23. The van der Waals surface area contributed by atoms with Gasteiger partial charge in [0.15, 0.2) is 0 Å². The van der Waals surface area contributed by atoms with Crippen molar-refractivity contribution in [1.29, 1.82) is 0 Å². The maximum absolute atomic E-state index is 12.4. The van der Waals surface area contributed by atoms with Gasteiger partial charge in [-0.05, 0) is 32.1 Å². The van der Waals surface area contributed by atoms with Crippen LogP contribution in [0.25, 0.3) is 0 Å². The van der Waals surface area contributed by atoms with Crippen LogP contribution in [0.3, 0.4) is 0 Å². The zero-order valence-electron chi connectivity index (χ0n) is 13.1. The van der Waals surface area contributed by atoms with E-state index in [0.29, 0.717) is 26.1 Å². The summed E-state index contributed by atoms with van der Waals surface area (Å²) < 4.78 is 5.30. The number of nitrogens with zero attached hydrogens (tertiary/aromatic N) is 1. The molecule has 1 saturated carbocycles. The zero-order chi connectivity index (χ0) is 14.0. The quantitative estimate of drug-likeness (QED) is 0.806. The number of likely N-dealkylation sites (tertiary alicyclic amines) is 1. The number of hydrogen-bond acceptors (Lipinski definition) is 4. The third kappa shape index (κ3) is 4.48. The predicted molar refractivity (Wildman–Crippen MR) is 91.8 cm³/mol. The molecule has 3 rings (SSSR count). The number of rotatable bonds is 3. The van der Waals surface area contributed by atoms with Gasteiger partial charge in [-0.25, -0.2) is 0 Å². The van der Waals surface area contributed by atoms with E-state index in [0.717, 1.165) is 25.6 Å². The molecule has 3 aliphatic rings. The molecule has 3 fully saturated rings. The Morgan fingerprint density at radius 2 is 1.77 bits per heavy atom. The molecule has 1 unspecified atom stereocenters. The van der Waals surface area contributed by atoms with E-state index in [1.807, 2.05) is 0 Å². The number of nitrogens with one attached hydrogen (secondary N) is 1. The largest absolute Gasteiger partial charge is 0.381 e. The second-order valence-corrected chi connectivity index (χ2v) is 6.66. The molecule has 0 radical (unpaired) electrons. The first kappa shape index (κ1) is 20.0. The van der Waals surface area contributed by atoms with Crippen LogP contribution in [0.1, 0.15) is 44.9 Å². The second kappa shape index (κ2) is 8.69. The van der Waals surface area contributed by atoms with E-state index >= 15 is 0 Å². The van der Waals surface area contributed by atoms with Crippen molar-refractivity contribution in [2.75, 3.05) is 26.3 Å². The van der Waals surface area contributed by atoms with E-state index in [4.69, 9.17) is 10.5 Å². The molecule has 2 heterocycles. The fourth-order valence-electron chi connectivity index (χ4n) is 3.80. The average molecular weight is 354 g/mol. The number of nitrogens with two attached hydrogens (primary N) is 1. The summed E-state index contributed by atoms with van der Waals surface area (Å²) in [5, 5.41) is 3.18. The summed E-state index contributed by atoms with van der Waals surface area (Å²) in [4.78, 5) is 15.0. The van der Waals surface area contributed by atoms with Crippen LogP contribution in [0.4, 0.5) is 0 Å². The summed E-state index contributed by atoms with van der Waals surface area (Å²) in [5.41, 5.74) is 5.52. The molecular formula is C15H29Cl2N3O2. The summed E-state index contributed by atoms with van der Waals surface area (Å²) >= 11 is 0. The molecule has 1 atom stereocenters. The van der Waals surface area contributed by atoms with E-state index in [2.05, 4.69) is 10.2 Å². The van der Waals surface area contributed by atoms with Gasteiger partial charge in [0.25, 0.3) is 0 Å². The molecule has 0 bridgehead atoms. The van der Waals surface area contributed by atoms with Gasteiger partial charge in [0.05, 0.1) is 5.54 Å². The highest BCUT2D eigenvalue weighted by Crippen LogP contribution is 2.27. The highest BCUT2D eigenvalue weighted by Gasteiger charge is 2.38. The van der Waals surface area contributed by atoms with Gasteiger partial charge in [0.1, 0.15) is 0 Å². The Hall–Kier alpha value is -0.0700. The first-order chi connectivity index (χ1) is 9.67. The minimum Gasteiger partial charge on any atom is -0.381 e. The fourth-order valence-corrected chi connectivity index (χ4v) is 3.80.